The van der Waals surface area contributed by atoms with Gasteiger partial charge in [-0.3, -0.25) is 0 Å². The number of carbonyl (C=O) groups excluding carboxylic acids is 1. The molecule has 0 saturated heterocycles. The lowest BCUT2D eigenvalue weighted by Crippen LogP contribution is -2.13. The molecule has 12 heavy (non-hydrogen) atoms. The fourth-order valence-corrected chi connectivity index (χ4v) is 0.814. The second kappa shape index (κ2) is 3.91. The first-order valence-electron chi connectivity index (χ1n) is 3.68. The van der Waals surface area contributed by atoms with Gasteiger partial charge in [0, 0.05) is 6.42 Å². The zero-order chi connectivity index (χ0) is 8.97. The Morgan fingerprint density at radius 1 is 1.75 bits per heavy atom. The molecule has 0 aliphatic carbocycles. The average Bonchev–Trinajstić information content (AvgIpc) is 2.51. The maximum absolute atomic E-state index is 10.6. The number of tetrazole rings is 1. The van der Waals surface area contributed by atoms with Gasteiger partial charge in [0.15, 0.2) is 5.82 Å². The number of Topliss-reactive ketones (excluding diaryl/α,β-unsaturated/α-hetero) is 1. The number of nitrogens with zero attached hydrogens (tertiary/aromatic N) is 3. The molecule has 0 saturated carbocycles. The second-order valence-electron chi connectivity index (χ2n) is 2.62. The molecular weight excluding hydrogens is 158 g/mol. The molecule has 66 valence electrons. The fourth-order valence-electron chi connectivity index (χ4n) is 0.814. The van der Waals surface area contributed by atoms with Gasteiger partial charge in [0.1, 0.15) is 5.78 Å². The lowest BCUT2D eigenvalue weighted by Gasteiger charge is -2.03. The van der Waals surface area contributed by atoms with Crippen LogP contribution in [0.25, 0.3) is 0 Å². The van der Waals surface area contributed by atoms with E-state index in [0.717, 1.165) is 0 Å². The molecule has 0 aromatic carbocycles. The van der Waals surface area contributed by atoms with Crippen molar-refractivity contribution >= 4 is 5.78 Å². The molecule has 0 spiro atoms. The molecule has 0 aliphatic heterocycles. The fraction of sp³-hybridized carbons (Fsp3) is 0.667. The van der Waals surface area contributed by atoms with E-state index in [4.69, 9.17) is 5.73 Å². The van der Waals surface area contributed by atoms with E-state index in [1.165, 1.54) is 6.92 Å². The lowest BCUT2D eigenvalue weighted by molar-refractivity contribution is -0.117. The molecule has 1 heterocycles. The number of hydrogen-bond acceptors (Lipinski definition) is 5. The highest BCUT2D eigenvalue weighted by Gasteiger charge is 2.10. The van der Waals surface area contributed by atoms with E-state index in [9.17, 15) is 4.79 Å². The predicted octanol–water partition coefficient (Wildman–Crippen LogP) is -0.431. The Morgan fingerprint density at radius 3 is 3.00 bits per heavy atom. The average molecular weight is 169 g/mol. The smallest absolute Gasteiger partial charge is 0.191 e. The van der Waals surface area contributed by atoms with Crippen molar-refractivity contribution in [2.24, 2.45) is 5.73 Å². The zero-order valence-electron chi connectivity index (χ0n) is 6.82. The van der Waals surface area contributed by atoms with E-state index >= 15 is 0 Å². The summed E-state index contributed by atoms with van der Waals surface area (Å²) in [5, 5.41) is 13.1. The minimum Gasteiger partial charge on any atom is -0.321 e. The summed E-state index contributed by atoms with van der Waals surface area (Å²) in [4.78, 5) is 10.6. The molecular formula is C6H11N5O. The minimum atomic E-state index is -0.298. The zero-order valence-corrected chi connectivity index (χ0v) is 6.82. The van der Waals surface area contributed by atoms with E-state index in [1.807, 2.05) is 0 Å². The van der Waals surface area contributed by atoms with Crippen molar-refractivity contribution < 1.29 is 4.79 Å². The summed E-state index contributed by atoms with van der Waals surface area (Å²) in [6, 6.07) is -0.298. The van der Waals surface area contributed by atoms with Crippen molar-refractivity contribution in [3.8, 4) is 0 Å². The third kappa shape index (κ3) is 2.39. The first kappa shape index (κ1) is 8.79. The Kier molecular flexibility index (Phi) is 2.87. The van der Waals surface area contributed by atoms with Gasteiger partial charge in [0.05, 0.1) is 6.04 Å². The van der Waals surface area contributed by atoms with Crippen molar-refractivity contribution in [1.29, 1.82) is 0 Å². The van der Waals surface area contributed by atoms with Gasteiger partial charge in [0.2, 0.25) is 0 Å². The van der Waals surface area contributed by atoms with Crippen molar-refractivity contribution in [3.05, 3.63) is 5.82 Å². The van der Waals surface area contributed by atoms with Crippen LogP contribution in [0.5, 0.6) is 0 Å². The van der Waals surface area contributed by atoms with E-state index in [2.05, 4.69) is 20.6 Å². The van der Waals surface area contributed by atoms with Crippen LogP contribution in [-0.2, 0) is 4.79 Å². The first-order valence-corrected chi connectivity index (χ1v) is 3.68. The SMILES string of the molecule is CC(=O)CC[C@H](N)c1nn[nH]n1. The van der Waals surface area contributed by atoms with Crippen LogP contribution in [0.4, 0.5) is 0 Å². The van der Waals surface area contributed by atoms with Gasteiger partial charge in [-0.15, -0.1) is 10.2 Å². The second-order valence-corrected chi connectivity index (χ2v) is 2.62. The standard InChI is InChI=1S/C6H11N5O/c1-4(12)2-3-5(7)6-8-10-11-9-6/h5H,2-3,7H2,1H3,(H,8,9,10,11)/t5-/m0/s1. The number of aromatic nitrogens is 4. The van der Waals surface area contributed by atoms with Gasteiger partial charge in [-0.1, -0.05) is 5.21 Å². The Balaban J connectivity index is 2.39. The monoisotopic (exact) mass is 169 g/mol. The summed E-state index contributed by atoms with van der Waals surface area (Å²) in [5.41, 5.74) is 5.65. The van der Waals surface area contributed by atoms with Crippen LogP contribution < -0.4 is 5.73 Å². The summed E-state index contributed by atoms with van der Waals surface area (Å²) < 4.78 is 0. The molecule has 0 fully saturated rings. The highest BCUT2D eigenvalue weighted by molar-refractivity contribution is 5.75. The van der Waals surface area contributed by atoms with Crippen molar-refractivity contribution in [1.82, 2.24) is 20.6 Å². The number of aromatic amines is 1. The molecule has 0 bridgehead atoms. The van der Waals surface area contributed by atoms with Crippen molar-refractivity contribution in [3.63, 3.8) is 0 Å². The van der Waals surface area contributed by atoms with Crippen molar-refractivity contribution in [2.45, 2.75) is 25.8 Å². The maximum Gasteiger partial charge on any atom is 0.191 e. The van der Waals surface area contributed by atoms with Crippen LogP contribution in [0.15, 0.2) is 0 Å². The molecule has 0 aliphatic rings. The molecule has 1 aromatic heterocycles. The van der Waals surface area contributed by atoms with Crippen LogP contribution in [0.3, 0.4) is 0 Å². The molecule has 3 N–H and O–H groups in total. The van der Waals surface area contributed by atoms with Crippen molar-refractivity contribution in [2.75, 3.05) is 0 Å². The van der Waals surface area contributed by atoms with Gasteiger partial charge >= 0.3 is 0 Å². The molecule has 0 radical (unpaired) electrons. The summed E-state index contributed by atoms with van der Waals surface area (Å²) in [5.74, 6) is 0.574. The maximum atomic E-state index is 10.6. The molecule has 1 atom stereocenters. The number of nitrogens with one attached hydrogen (secondary N) is 1. The lowest BCUT2D eigenvalue weighted by atomic mass is 10.1. The molecule has 0 unspecified atom stereocenters. The van der Waals surface area contributed by atoms with E-state index < -0.39 is 0 Å². The Labute approximate surface area is 69.5 Å². The highest BCUT2D eigenvalue weighted by atomic mass is 16.1. The quantitative estimate of drug-likeness (QED) is 0.637. The van der Waals surface area contributed by atoms with Gasteiger partial charge in [-0.2, -0.15) is 5.21 Å². The van der Waals surface area contributed by atoms with E-state index in [1.54, 1.807) is 0 Å². The summed E-state index contributed by atoms with van der Waals surface area (Å²) in [7, 11) is 0. The van der Waals surface area contributed by atoms with Gasteiger partial charge in [-0.25, -0.2) is 0 Å². The van der Waals surface area contributed by atoms with Crippen LogP contribution in [0.2, 0.25) is 0 Å². The minimum absolute atomic E-state index is 0.119. The van der Waals surface area contributed by atoms with E-state index in [-0.39, 0.29) is 11.8 Å². The van der Waals surface area contributed by atoms with E-state index in [0.29, 0.717) is 18.7 Å². The number of ketones is 1. The normalized spacial score (nSPS) is 12.8. The summed E-state index contributed by atoms with van der Waals surface area (Å²) >= 11 is 0. The topological polar surface area (TPSA) is 97.5 Å². The molecule has 1 aromatic rings. The van der Waals surface area contributed by atoms with Gasteiger partial charge in [0.25, 0.3) is 0 Å². The number of nitrogens with two attached hydrogens (primary N) is 1. The van der Waals surface area contributed by atoms with Crippen LogP contribution in [0.1, 0.15) is 31.6 Å². The Hall–Kier alpha value is -1.30. The largest absolute Gasteiger partial charge is 0.321 e. The third-order valence-electron chi connectivity index (χ3n) is 1.50. The number of carbonyl (C=O) groups is 1. The molecule has 1 rings (SSSR count). The van der Waals surface area contributed by atoms with Crippen LogP contribution in [0, 0.1) is 0 Å². The Bertz CT molecular complexity index is 244. The highest BCUT2D eigenvalue weighted by Crippen LogP contribution is 2.08. The predicted molar refractivity (Wildman–Crippen MR) is 41.0 cm³/mol. The number of hydrogen-bond donors (Lipinski definition) is 2. The van der Waals surface area contributed by atoms with Gasteiger partial charge in [-0.05, 0) is 13.3 Å². The molecule has 6 nitrogen and oxygen atoms in total. The molecule has 0 amide bonds. The number of H-pyrrole nitrogens is 1. The number of rotatable bonds is 4. The molecule has 6 heteroatoms. The van der Waals surface area contributed by atoms with Crippen LogP contribution >= 0.6 is 0 Å². The Morgan fingerprint density at radius 2 is 2.50 bits per heavy atom. The third-order valence-corrected chi connectivity index (χ3v) is 1.50. The first-order chi connectivity index (χ1) is 5.70. The van der Waals surface area contributed by atoms with Crippen LogP contribution in [-0.4, -0.2) is 26.4 Å². The summed E-state index contributed by atoms with van der Waals surface area (Å²) in [6.45, 7) is 1.53. The van der Waals surface area contributed by atoms with Gasteiger partial charge < -0.3 is 10.5 Å². The summed E-state index contributed by atoms with van der Waals surface area (Å²) in [6.07, 6.45) is 1.02.